The first kappa shape index (κ1) is 12.4. The summed E-state index contributed by atoms with van der Waals surface area (Å²) in [5, 5.41) is 3.62. The maximum Gasteiger partial charge on any atom is 0.0700 e. The highest BCUT2D eigenvalue weighted by atomic mass is 16.5. The number of hydrogen-bond donors (Lipinski definition) is 1. The van der Waals surface area contributed by atoms with Gasteiger partial charge in [0.1, 0.15) is 0 Å². The van der Waals surface area contributed by atoms with E-state index in [2.05, 4.69) is 5.32 Å². The zero-order valence-corrected chi connectivity index (χ0v) is 10.5. The minimum absolute atomic E-state index is 0.508. The standard InChI is InChI=1S/C14H27NO/c1-2-4-7-13(8-5-3-1)11-15-12-14-9-6-10-16-14/h13-15H,1-12H2. The number of rotatable bonds is 4. The molecule has 2 rings (SSSR count). The minimum Gasteiger partial charge on any atom is -0.377 e. The summed E-state index contributed by atoms with van der Waals surface area (Å²) in [5.41, 5.74) is 0. The molecule has 0 aromatic heterocycles. The molecule has 1 saturated carbocycles. The van der Waals surface area contributed by atoms with Crippen molar-refractivity contribution in [2.75, 3.05) is 19.7 Å². The van der Waals surface area contributed by atoms with Gasteiger partial charge in [0.2, 0.25) is 0 Å². The van der Waals surface area contributed by atoms with E-state index in [1.165, 1.54) is 64.3 Å². The highest BCUT2D eigenvalue weighted by Gasteiger charge is 2.16. The zero-order valence-electron chi connectivity index (χ0n) is 10.5. The van der Waals surface area contributed by atoms with Gasteiger partial charge >= 0.3 is 0 Å². The van der Waals surface area contributed by atoms with E-state index >= 15 is 0 Å². The lowest BCUT2D eigenvalue weighted by Gasteiger charge is -2.21. The molecule has 0 aromatic rings. The van der Waals surface area contributed by atoms with Gasteiger partial charge in [-0.15, -0.1) is 0 Å². The van der Waals surface area contributed by atoms with Crippen LogP contribution < -0.4 is 5.32 Å². The van der Waals surface area contributed by atoms with Crippen LogP contribution in [0.4, 0.5) is 0 Å². The van der Waals surface area contributed by atoms with Crippen molar-refractivity contribution in [1.82, 2.24) is 5.32 Å². The van der Waals surface area contributed by atoms with E-state index in [4.69, 9.17) is 4.74 Å². The molecule has 0 spiro atoms. The molecule has 1 aliphatic carbocycles. The fourth-order valence-electron chi connectivity index (χ4n) is 3.00. The molecule has 0 amide bonds. The highest BCUT2D eigenvalue weighted by Crippen LogP contribution is 2.21. The lowest BCUT2D eigenvalue weighted by atomic mass is 9.91. The van der Waals surface area contributed by atoms with Gasteiger partial charge in [-0.05, 0) is 38.1 Å². The molecule has 1 N–H and O–H groups in total. The normalized spacial score (nSPS) is 28.9. The van der Waals surface area contributed by atoms with Crippen molar-refractivity contribution in [2.45, 2.75) is 63.9 Å². The summed E-state index contributed by atoms with van der Waals surface area (Å²) in [5.74, 6) is 0.932. The summed E-state index contributed by atoms with van der Waals surface area (Å²) in [6, 6.07) is 0. The molecule has 2 aliphatic rings. The molecule has 1 atom stereocenters. The molecule has 1 heterocycles. The molecular formula is C14H27NO. The van der Waals surface area contributed by atoms with Gasteiger partial charge in [0.05, 0.1) is 6.10 Å². The van der Waals surface area contributed by atoms with E-state index < -0.39 is 0 Å². The summed E-state index contributed by atoms with van der Waals surface area (Å²) in [4.78, 5) is 0. The predicted octanol–water partition coefficient (Wildman–Crippen LogP) is 3.12. The van der Waals surface area contributed by atoms with E-state index in [-0.39, 0.29) is 0 Å². The predicted molar refractivity (Wildman–Crippen MR) is 67.7 cm³/mol. The van der Waals surface area contributed by atoms with Gasteiger partial charge in [-0.1, -0.05) is 32.1 Å². The Morgan fingerprint density at radius 3 is 2.25 bits per heavy atom. The number of nitrogens with one attached hydrogen (secondary N) is 1. The van der Waals surface area contributed by atoms with Gasteiger partial charge in [0.25, 0.3) is 0 Å². The van der Waals surface area contributed by atoms with Crippen LogP contribution in [-0.2, 0) is 4.74 Å². The van der Waals surface area contributed by atoms with Gasteiger partial charge in [-0.25, -0.2) is 0 Å². The second-order valence-corrected chi connectivity index (χ2v) is 5.50. The van der Waals surface area contributed by atoms with Crippen molar-refractivity contribution >= 4 is 0 Å². The molecule has 2 fully saturated rings. The number of hydrogen-bond acceptors (Lipinski definition) is 2. The van der Waals surface area contributed by atoms with Crippen molar-refractivity contribution in [3.05, 3.63) is 0 Å². The van der Waals surface area contributed by atoms with Crippen LogP contribution in [0, 0.1) is 5.92 Å². The first-order valence-electron chi connectivity index (χ1n) is 7.27. The first-order chi connectivity index (χ1) is 7.95. The summed E-state index contributed by atoms with van der Waals surface area (Å²) < 4.78 is 5.62. The zero-order chi connectivity index (χ0) is 11.1. The average Bonchev–Trinajstić information content (AvgIpc) is 2.73. The van der Waals surface area contributed by atoms with Gasteiger partial charge in [0, 0.05) is 13.2 Å². The Balaban J connectivity index is 1.56. The third-order valence-electron chi connectivity index (χ3n) is 4.05. The second-order valence-electron chi connectivity index (χ2n) is 5.50. The Kier molecular flexibility index (Phi) is 5.64. The maximum atomic E-state index is 5.62. The van der Waals surface area contributed by atoms with Gasteiger partial charge in [-0.2, -0.15) is 0 Å². The highest BCUT2D eigenvalue weighted by molar-refractivity contribution is 4.70. The van der Waals surface area contributed by atoms with E-state index in [1.807, 2.05) is 0 Å². The third kappa shape index (κ3) is 4.42. The summed E-state index contributed by atoms with van der Waals surface area (Å²) in [7, 11) is 0. The van der Waals surface area contributed by atoms with Crippen molar-refractivity contribution in [3.63, 3.8) is 0 Å². The fourth-order valence-corrected chi connectivity index (χ4v) is 3.00. The van der Waals surface area contributed by atoms with Crippen LogP contribution in [0.5, 0.6) is 0 Å². The quantitative estimate of drug-likeness (QED) is 0.793. The van der Waals surface area contributed by atoms with Crippen LogP contribution in [0.25, 0.3) is 0 Å². The first-order valence-corrected chi connectivity index (χ1v) is 7.27. The summed E-state index contributed by atoms with van der Waals surface area (Å²) in [6.45, 7) is 3.28. The molecule has 0 aromatic carbocycles. The molecule has 0 bridgehead atoms. The number of ether oxygens (including phenoxy) is 1. The molecule has 1 saturated heterocycles. The van der Waals surface area contributed by atoms with Crippen molar-refractivity contribution in [1.29, 1.82) is 0 Å². The molecule has 16 heavy (non-hydrogen) atoms. The lowest BCUT2D eigenvalue weighted by molar-refractivity contribution is 0.109. The van der Waals surface area contributed by atoms with Crippen LogP contribution in [0.2, 0.25) is 0 Å². The van der Waals surface area contributed by atoms with Crippen LogP contribution in [0.1, 0.15) is 57.8 Å². The van der Waals surface area contributed by atoms with Crippen molar-refractivity contribution < 1.29 is 4.74 Å². The van der Waals surface area contributed by atoms with Gasteiger partial charge in [0.15, 0.2) is 0 Å². The molecule has 2 heteroatoms. The Labute approximate surface area is 100 Å². The Morgan fingerprint density at radius 2 is 1.56 bits per heavy atom. The van der Waals surface area contributed by atoms with E-state index in [0.717, 1.165) is 19.1 Å². The van der Waals surface area contributed by atoms with Crippen LogP contribution >= 0.6 is 0 Å². The molecule has 0 radical (unpaired) electrons. The van der Waals surface area contributed by atoms with Crippen molar-refractivity contribution in [2.24, 2.45) is 5.92 Å². The van der Waals surface area contributed by atoms with E-state index in [1.54, 1.807) is 0 Å². The van der Waals surface area contributed by atoms with Crippen LogP contribution in [0.15, 0.2) is 0 Å². The van der Waals surface area contributed by atoms with Crippen molar-refractivity contribution in [3.8, 4) is 0 Å². The largest absolute Gasteiger partial charge is 0.377 e. The minimum atomic E-state index is 0.508. The summed E-state index contributed by atoms with van der Waals surface area (Å²) >= 11 is 0. The molecular weight excluding hydrogens is 198 g/mol. The Hall–Kier alpha value is -0.0800. The van der Waals surface area contributed by atoms with E-state index in [9.17, 15) is 0 Å². The SMILES string of the molecule is C1CCCC(CNCC2CCCO2)CCC1. The molecule has 1 unspecified atom stereocenters. The van der Waals surface area contributed by atoms with Gasteiger partial charge in [-0.3, -0.25) is 0 Å². The van der Waals surface area contributed by atoms with Gasteiger partial charge < -0.3 is 10.1 Å². The monoisotopic (exact) mass is 225 g/mol. The van der Waals surface area contributed by atoms with Crippen LogP contribution in [0.3, 0.4) is 0 Å². The Bertz CT molecular complexity index is 170. The second kappa shape index (κ2) is 7.29. The molecule has 1 aliphatic heterocycles. The van der Waals surface area contributed by atoms with Crippen LogP contribution in [-0.4, -0.2) is 25.8 Å². The third-order valence-corrected chi connectivity index (χ3v) is 4.05. The Morgan fingerprint density at radius 1 is 0.812 bits per heavy atom. The summed E-state index contributed by atoms with van der Waals surface area (Å²) in [6.07, 6.45) is 13.2. The molecule has 94 valence electrons. The molecule has 2 nitrogen and oxygen atoms in total. The average molecular weight is 225 g/mol. The van der Waals surface area contributed by atoms with E-state index in [0.29, 0.717) is 6.10 Å². The maximum absolute atomic E-state index is 5.62. The fraction of sp³-hybridized carbons (Fsp3) is 1.00. The topological polar surface area (TPSA) is 21.3 Å². The lowest BCUT2D eigenvalue weighted by Crippen LogP contribution is -2.30. The smallest absolute Gasteiger partial charge is 0.0700 e.